The summed E-state index contributed by atoms with van der Waals surface area (Å²) >= 11 is 6.10. The van der Waals surface area contributed by atoms with Crippen molar-refractivity contribution in [2.75, 3.05) is 39.3 Å². The molecule has 0 bridgehead atoms. The number of hydrogen-bond donors (Lipinski definition) is 2. The average Bonchev–Trinajstić information content (AvgIpc) is 3.08. The zero-order valence-electron chi connectivity index (χ0n) is 15.0. The van der Waals surface area contributed by atoms with Crippen molar-refractivity contribution in [3.63, 3.8) is 0 Å². The molecule has 0 aliphatic carbocycles. The van der Waals surface area contributed by atoms with E-state index in [-0.39, 0.29) is 5.91 Å². The van der Waals surface area contributed by atoms with E-state index < -0.39 is 0 Å². The number of hydrogen-bond acceptors (Lipinski definition) is 4. The third-order valence-corrected chi connectivity index (χ3v) is 5.08. The molecule has 0 spiro atoms. The lowest BCUT2D eigenvalue weighted by molar-refractivity contribution is 0.0922. The van der Waals surface area contributed by atoms with Crippen molar-refractivity contribution < 1.29 is 9.21 Å². The van der Waals surface area contributed by atoms with Gasteiger partial charge in [0.05, 0.1) is 0 Å². The predicted molar refractivity (Wildman–Crippen MR) is 108 cm³/mol. The number of nitrogens with one attached hydrogen (secondary N) is 2. The SMILES string of the molecule is O=C(NCCN1CCNCC1)c1oc2cc(Cl)ccc2c1-c1ccccc1. The molecule has 4 rings (SSSR count). The molecule has 0 unspecified atom stereocenters. The Hall–Kier alpha value is -2.34. The number of piperazine rings is 1. The molecular formula is C21H22ClN3O2. The van der Waals surface area contributed by atoms with E-state index in [1.807, 2.05) is 42.5 Å². The molecule has 1 aliphatic heterocycles. The van der Waals surface area contributed by atoms with Crippen LogP contribution < -0.4 is 10.6 Å². The van der Waals surface area contributed by atoms with Crippen molar-refractivity contribution in [2.24, 2.45) is 0 Å². The topological polar surface area (TPSA) is 57.5 Å². The Labute approximate surface area is 163 Å². The van der Waals surface area contributed by atoms with E-state index in [4.69, 9.17) is 16.0 Å². The molecule has 1 fully saturated rings. The summed E-state index contributed by atoms with van der Waals surface area (Å²) in [6, 6.07) is 15.3. The summed E-state index contributed by atoms with van der Waals surface area (Å²) in [6.45, 7) is 5.43. The molecule has 1 aliphatic rings. The largest absolute Gasteiger partial charge is 0.450 e. The van der Waals surface area contributed by atoms with Gasteiger partial charge < -0.3 is 15.1 Å². The van der Waals surface area contributed by atoms with Crippen molar-refractivity contribution in [3.8, 4) is 11.1 Å². The first-order chi connectivity index (χ1) is 13.2. The van der Waals surface area contributed by atoms with Crippen LogP contribution in [-0.4, -0.2) is 50.1 Å². The average molecular weight is 384 g/mol. The van der Waals surface area contributed by atoms with Gasteiger partial charge in [-0.2, -0.15) is 0 Å². The molecule has 0 saturated carbocycles. The zero-order chi connectivity index (χ0) is 18.6. The van der Waals surface area contributed by atoms with Crippen LogP contribution in [0.2, 0.25) is 5.02 Å². The van der Waals surface area contributed by atoms with E-state index in [1.54, 1.807) is 6.07 Å². The van der Waals surface area contributed by atoms with E-state index in [2.05, 4.69) is 15.5 Å². The van der Waals surface area contributed by atoms with Gasteiger partial charge >= 0.3 is 0 Å². The maximum absolute atomic E-state index is 12.9. The van der Waals surface area contributed by atoms with Gasteiger partial charge in [-0.25, -0.2) is 0 Å². The lowest BCUT2D eigenvalue weighted by atomic mass is 10.0. The Morgan fingerprint density at radius 3 is 2.70 bits per heavy atom. The second-order valence-electron chi connectivity index (χ2n) is 6.66. The molecular weight excluding hydrogens is 362 g/mol. The summed E-state index contributed by atoms with van der Waals surface area (Å²) in [5, 5.41) is 7.81. The number of benzene rings is 2. The first-order valence-corrected chi connectivity index (χ1v) is 9.59. The van der Waals surface area contributed by atoms with E-state index in [9.17, 15) is 4.79 Å². The quantitative estimate of drug-likeness (QED) is 0.709. The first kappa shape index (κ1) is 18.0. The number of nitrogens with zero attached hydrogens (tertiary/aromatic N) is 1. The summed E-state index contributed by atoms with van der Waals surface area (Å²) < 4.78 is 5.92. The van der Waals surface area contributed by atoms with Gasteiger partial charge in [-0.05, 0) is 17.7 Å². The molecule has 140 valence electrons. The van der Waals surface area contributed by atoms with Crippen LogP contribution >= 0.6 is 11.6 Å². The van der Waals surface area contributed by atoms with E-state index in [0.717, 1.165) is 49.2 Å². The highest BCUT2D eigenvalue weighted by molar-refractivity contribution is 6.31. The Morgan fingerprint density at radius 2 is 1.93 bits per heavy atom. The molecule has 5 nitrogen and oxygen atoms in total. The van der Waals surface area contributed by atoms with E-state index >= 15 is 0 Å². The van der Waals surface area contributed by atoms with Gasteiger partial charge in [0, 0.05) is 61.3 Å². The van der Waals surface area contributed by atoms with Crippen LogP contribution in [0.15, 0.2) is 52.9 Å². The van der Waals surface area contributed by atoms with Crippen LogP contribution in [-0.2, 0) is 0 Å². The lowest BCUT2D eigenvalue weighted by Crippen LogP contribution is -2.46. The maximum Gasteiger partial charge on any atom is 0.287 e. The second-order valence-corrected chi connectivity index (χ2v) is 7.10. The normalized spacial score (nSPS) is 15.1. The minimum absolute atomic E-state index is 0.198. The third kappa shape index (κ3) is 4.00. The summed E-state index contributed by atoms with van der Waals surface area (Å²) in [6.07, 6.45) is 0. The summed E-state index contributed by atoms with van der Waals surface area (Å²) in [5.41, 5.74) is 2.38. The van der Waals surface area contributed by atoms with E-state index in [0.29, 0.717) is 22.9 Å². The van der Waals surface area contributed by atoms with Crippen molar-refractivity contribution in [1.82, 2.24) is 15.5 Å². The van der Waals surface area contributed by atoms with Crippen molar-refractivity contribution in [3.05, 3.63) is 59.3 Å². The molecule has 1 aromatic heterocycles. The molecule has 0 radical (unpaired) electrons. The van der Waals surface area contributed by atoms with Crippen LogP contribution in [0.1, 0.15) is 10.6 Å². The van der Waals surface area contributed by atoms with Crippen molar-refractivity contribution in [2.45, 2.75) is 0 Å². The summed E-state index contributed by atoms with van der Waals surface area (Å²) in [7, 11) is 0. The third-order valence-electron chi connectivity index (χ3n) is 4.84. The molecule has 0 atom stereocenters. The van der Waals surface area contributed by atoms with Crippen molar-refractivity contribution in [1.29, 1.82) is 0 Å². The smallest absolute Gasteiger partial charge is 0.287 e. The molecule has 2 heterocycles. The van der Waals surface area contributed by atoms with Crippen LogP contribution in [0, 0.1) is 0 Å². The van der Waals surface area contributed by atoms with Gasteiger partial charge in [0.25, 0.3) is 5.91 Å². The fourth-order valence-electron chi connectivity index (χ4n) is 3.46. The number of rotatable bonds is 5. The van der Waals surface area contributed by atoms with Gasteiger partial charge in [0.2, 0.25) is 5.76 Å². The number of fused-ring (bicyclic) bond motifs is 1. The van der Waals surface area contributed by atoms with Crippen LogP contribution in [0.3, 0.4) is 0 Å². The minimum atomic E-state index is -0.198. The number of amides is 1. The van der Waals surface area contributed by atoms with Gasteiger partial charge in [0.15, 0.2) is 0 Å². The Bertz CT molecular complexity index is 933. The Morgan fingerprint density at radius 1 is 1.15 bits per heavy atom. The fourth-order valence-corrected chi connectivity index (χ4v) is 3.63. The Kier molecular flexibility index (Phi) is 5.43. The Balaban J connectivity index is 1.59. The van der Waals surface area contributed by atoms with Gasteiger partial charge in [-0.1, -0.05) is 41.9 Å². The van der Waals surface area contributed by atoms with Gasteiger partial charge in [0.1, 0.15) is 5.58 Å². The number of furan rings is 1. The molecule has 1 saturated heterocycles. The highest BCUT2D eigenvalue weighted by Crippen LogP contribution is 2.36. The van der Waals surface area contributed by atoms with Crippen LogP contribution in [0.25, 0.3) is 22.1 Å². The van der Waals surface area contributed by atoms with Crippen LogP contribution in [0.4, 0.5) is 0 Å². The van der Waals surface area contributed by atoms with Gasteiger partial charge in [-0.3, -0.25) is 9.69 Å². The van der Waals surface area contributed by atoms with E-state index in [1.165, 1.54) is 0 Å². The summed E-state index contributed by atoms with van der Waals surface area (Å²) in [5.74, 6) is 0.134. The number of halogens is 1. The second kappa shape index (κ2) is 8.13. The lowest BCUT2D eigenvalue weighted by Gasteiger charge is -2.27. The first-order valence-electron chi connectivity index (χ1n) is 9.21. The molecule has 3 aromatic rings. The fraction of sp³-hybridized carbons (Fsp3) is 0.286. The molecule has 2 aromatic carbocycles. The standard InChI is InChI=1S/C21H22ClN3O2/c22-16-6-7-17-18(14-16)27-20(19(17)15-4-2-1-3-5-15)21(26)24-10-13-25-11-8-23-9-12-25/h1-7,14,23H,8-13H2,(H,24,26). The molecule has 27 heavy (non-hydrogen) atoms. The molecule has 6 heteroatoms. The maximum atomic E-state index is 12.9. The zero-order valence-corrected chi connectivity index (χ0v) is 15.8. The predicted octanol–water partition coefficient (Wildman–Crippen LogP) is 3.39. The minimum Gasteiger partial charge on any atom is -0.450 e. The molecule has 2 N–H and O–H groups in total. The highest BCUT2D eigenvalue weighted by atomic mass is 35.5. The number of carbonyl (C=O) groups excluding carboxylic acids is 1. The number of carbonyl (C=O) groups is 1. The summed E-state index contributed by atoms with van der Waals surface area (Å²) in [4.78, 5) is 15.2. The van der Waals surface area contributed by atoms with Crippen LogP contribution in [0.5, 0.6) is 0 Å². The van der Waals surface area contributed by atoms with Gasteiger partial charge in [-0.15, -0.1) is 0 Å². The monoisotopic (exact) mass is 383 g/mol. The molecule has 1 amide bonds. The highest BCUT2D eigenvalue weighted by Gasteiger charge is 2.22. The van der Waals surface area contributed by atoms with Crippen molar-refractivity contribution >= 4 is 28.5 Å².